The molecular formula is C10H12BrCl2NO. The first-order valence-electron chi connectivity index (χ1n) is 5.40. The molecule has 3 aliphatic carbocycles. The Morgan fingerprint density at radius 3 is 2.53 bits per heavy atom. The number of alkyl halides is 3. The highest BCUT2D eigenvalue weighted by atomic mass is 79.9. The second-order valence-electron chi connectivity index (χ2n) is 5.04. The van der Waals surface area contributed by atoms with Crippen molar-refractivity contribution >= 4 is 39.1 Å². The van der Waals surface area contributed by atoms with Gasteiger partial charge in [-0.1, -0.05) is 21.1 Å². The van der Waals surface area contributed by atoms with Crippen LogP contribution < -0.4 is 0 Å². The van der Waals surface area contributed by atoms with Crippen LogP contribution in [0.2, 0.25) is 0 Å². The molecule has 84 valence electrons. The minimum absolute atomic E-state index is 0.0379. The third-order valence-corrected chi connectivity index (χ3v) is 6.98. The van der Waals surface area contributed by atoms with Crippen LogP contribution in [0.15, 0.2) is 5.18 Å². The third kappa shape index (κ3) is 1.29. The quantitative estimate of drug-likeness (QED) is 0.539. The Hall–Kier alpha value is 0.660. The van der Waals surface area contributed by atoms with Crippen LogP contribution >= 0.6 is 39.1 Å². The van der Waals surface area contributed by atoms with Crippen molar-refractivity contribution in [3.05, 3.63) is 4.91 Å². The van der Waals surface area contributed by atoms with Crippen LogP contribution in [-0.2, 0) is 0 Å². The fraction of sp³-hybridized carbons (Fsp3) is 1.00. The number of fused-ring (bicyclic) bond motifs is 5. The van der Waals surface area contributed by atoms with E-state index >= 15 is 0 Å². The summed E-state index contributed by atoms with van der Waals surface area (Å²) in [7, 11) is 0. The van der Waals surface area contributed by atoms with Gasteiger partial charge >= 0.3 is 0 Å². The van der Waals surface area contributed by atoms with Gasteiger partial charge < -0.3 is 0 Å². The molecule has 3 aliphatic rings. The molecule has 0 aliphatic heterocycles. The number of hydrogen-bond donors (Lipinski definition) is 0. The van der Waals surface area contributed by atoms with Gasteiger partial charge in [0.25, 0.3) is 0 Å². The van der Waals surface area contributed by atoms with Gasteiger partial charge in [0.2, 0.25) is 0 Å². The fourth-order valence-electron chi connectivity index (χ4n) is 4.04. The number of halogens is 3. The Morgan fingerprint density at radius 1 is 1.13 bits per heavy atom. The second kappa shape index (κ2) is 3.58. The first-order valence-corrected chi connectivity index (χ1v) is 7.18. The zero-order chi connectivity index (χ0) is 10.7. The predicted molar refractivity (Wildman–Crippen MR) is 64.8 cm³/mol. The molecule has 3 rings (SSSR count). The van der Waals surface area contributed by atoms with Gasteiger partial charge in [-0.15, -0.1) is 23.2 Å². The smallest absolute Gasteiger partial charge is 0.108 e. The van der Waals surface area contributed by atoms with Crippen molar-refractivity contribution in [3.8, 4) is 0 Å². The van der Waals surface area contributed by atoms with Crippen LogP contribution in [0, 0.1) is 28.6 Å². The summed E-state index contributed by atoms with van der Waals surface area (Å²) < 4.78 is 0. The van der Waals surface area contributed by atoms with Crippen molar-refractivity contribution in [2.75, 3.05) is 0 Å². The summed E-state index contributed by atoms with van der Waals surface area (Å²) in [5.74, 6) is 1.97. The average Bonchev–Trinajstić information content (AvgIpc) is 2.79. The average molecular weight is 313 g/mol. The van der Waals surface area contributed by atoms with Crippen molar-refractivity contribution < 1.29 is 0 Å². The molecular weight excluding hydrogens is 301 g/mol. The SMILES string of the molecule is O=NC1C(Br)C2CC1C1C(Cl)C(Cl)CC21. The Morgan fingerprint density at radius 2 is 1.87 bits per heavy atom. The highest BCUT2D eigenvalue weighted by Gasteiger charge is 2.63. The minimum Gasteiger partial charge on any atom is -0.150 e. The van der Waals surface area contributed by atoms with E-state index in [-0.39, 0.29) is 21.6 Å². The van der Waals surface area contributed by atoms with Gasteiger partial charge in [-0.3, -0.25) is 0 Å². The molecule has 0 aromatic rings. The third-order valence-electron chi connectivity index (χ3n) is 4.59. The monoisotopic (exact) mass is 311 g/mol. The van der Waals surface area contributed by atoms with Crippen molar-refractivity contribution in [2.24, 2.45) is 28.8 Å². The van der Waals surface area contributed by atoms with Gasteiger partial charge in [0.15, 0.2) is 0 Å². The van der Waals surface area contributed by atoms with Gasteiger partial charge in [0, 0.05) is 4.83 Å². The largest absolute Gasteiger partial charge is 0.150 e. The zero-order valence-corrected chi connectivity index (χ0v) is 11.1. The van der Waals surface area contributed by atoms with E-state index in [1.807, 2.05) is 0 Å². The molecule has 2 nitrogen and oxygen atoms in total. The number of nitrogens with zero attached hydrogens (tertiary/aromatic N) is 1. The van der Waals surface area contributed by atoms with E-state index in [4.69, 9.17) is 23.2 Å². The van der Waals surface area contributed by atoms with E-state index in [2.05, 4.69) is 21.1 Å². The first kappa shape index (κ1) is 10.8. The second-order valence-corrected chi connectivity index (χ2v) is 7.16. The van der Waals surface area contributed by atoms with Crippen LogP contribution in [0.3, 0.4) is 0 Å². The van der Waals surface area contributed by atoms with Gasteiger partial charge in [-0.25, -0.2) is 0 Å². The maximum Gasteiger partial charge on any atom is 0.108 e. The number of nitroso groups, excluding NO2 is 1. The van der Waals surface area contributed by atoms with Crippen molar-refractivity contribution in [1.82, 2.24) is 0 Å². The van der Waals surface area contributed by atoms with Crippen molar-refractivity contribution in [2.45, 2.75) is 34.5 Å². The van der Waals surface area contributed by atoms with E-state index in [9.17, 15) is 4.91 Å². The molecule has 3 fully saturated rings. The highest BCUT2D eigenvalue weighted by molar-refractivity contribution is 9.09. The lowest BCUT2D eigenvalue weighted by Gasteiger charge is -2.32. The Bertz CT molecular complexity index is 303. The molecule has 0 radical (unpaired) electrons. The topological polar surface area (TPSA) is 29.4 Å². The summed E-state index contributed by atoms with van der Waals surface area (Å²) in [6, 6.07) is -0.0838. The van der Waals surface area contributed by atoms with Crippen LogP contribution in [0.5, 0.6) is 0 Å². The predicted octanol–water partition coefficient (Wildman–Crippen LogP) is 3.39. The Labute approximate surface area is 107 Å². The molecule has 0 heterocycles. The van der Waals surface area contributed by atoms with E-state index in [1.54, 1.807) is 0 Å². The molecule has 0 saturated heterocycles. The van der Waals surface area contributed by atoms with Crippen molar-refractivity contribution in [3.63, 3.8) is 0 Å². The molecule has 8 atom stereocenters. The zero-order valence-electron chi connectivity index (χ0n) is 8.02. The molecule has 2 bridgehead atoms. The standard InChI is InChI=1S/C10H12BrCl2NO/c11-8-4-1-5(10(8)14-15)7-3(4)2-6(12)9(7)13/h3-10H,1-2H2. The molecule has 15 heavy (non-hydrogen) atoms. The Balaban J connectivity index is 1.92. The summed E-state index contributed by atoms with van der Waals surface area (Å²) in [6.07, 6.45) is 2.11. The Kier molecular flexibility index (Phi) is 2.57. The molecule has 0 N–H and O–H groups in total. The van der Waals surface area contributed by atoms with Crippen LogP contribution in [0.25, 0.3) is 0 Å². The van der Waals surface area contributed by atoms with E-state index in [0.717, 1.165) is 12.8 Å². The summed E-state index contributed by atoms with van der Waals surface area (Å²) in [4.78, 5) is 11.1. The van der Waals surface area contributed by atoms with Gasteiger partial charge in [-0.2, -0.15) is 4.91 Å². The maximum atomic E-state index is 10.8. The molecule has 5 heteroatoms. The summed E-state index contributed by atoms with van der Waals surface area (Å²) >= 11 is 16.2. The molecule has 8 unspecified atom stereocenters. The molecule has 0 aromatic carbocycles. The lowest BCUT2D eigenvalue weighted by atomic mass is 9.79. The maximum absolute atomic E-state index is 10.8. The summed E-state index contributed by atoms with van der Waals surface area (Å²) in [6.45, 7) is 0. The summed E-state index contributed by atoms with van der Waals surface area (Å²) in [5.41, 5.74) is 0. The van der Waals surface area contributed by atoms with Crippen LogP contribution in [0.4, 0.5) is 0 Å². The van der Waals surface area contributed by atoms with E-state index in [1.165, 1.54) is 0 Å². The van der Waals surface area contributed by atoms with Crippen molar-refractivity contribution in [1.29, 1.82) is 0 Å². The fourth-order valence-corrected chi connectivity index (χ4v) is 5.99. The normalized spacial score (nSPS) is 62.1. The molecule has 0 spiro atoms. The molecule has 0 amide bonds. The lowest BCUT2D eigenvalue weighted by molar-refractivity contribution is 0.245. The minimum atomic E-state index is -0.0838. The first-order chi connectivity index (χ1) is 7.15. The molecule has 3 saturated carbocycles. The number of hydrogen-bond acceptors (Lipinski definition) is 2. The van der Waals surface area contributed by atoms with E-state index < -0.39 is 0 Å². The summed E-state index contributed by atoms with van der Waals surface area (Å²) in [5, 5.41) is 3.39. The van der Waals surface area contributed by atoms with E-state index in [0.29, 0.717) is 23.7 Å². The van der Waals surface area contributed by atoms with Gasteiger partial charge in [0.1, 0.15) is 6.04 Å². The van der Waals surface area contributed by atoms with Crippen LogP contribution in [0.1, 0.15) is 12.8 Å². The van der Waals surface area contributed by atoms with Crippen LogP contribution in [-0.4, -0.2) is 21.6 Å². The number of rotatable bonds is 1. The molecule has 0 aromatic heterocycles. The highest BCUT2D eigenvalue weighted by Crippen LogP contribution is 2.63. The lowest BCUT2D eigenvalue weighted by Crippen LogP contribution is -2.38. The van der Waals surface area contributed by atoms with Gasteiger partial charge in [-0.05, 0) is 36.5 Å². The van der Waals surface area contributed by atoms with Gasteiger partial charge in [0.05, 0.1) is 10.8 Å².